The summed E-state index contributed by atoms with van der Waals surface area (Å²) in [6.07, 6.45) is 6.41. The summed E-state index contributed by atoms with van der Waals surface area (Å²) in [5, 5.41) is 7.44. The molecular weight excluding hydrogens is 340 g/mol. The predicted molar refractivity (Wildman–Crippen MR) is 89.9 cm³/mol. The molecule has 26 heavy (non-hydrogen) atoms. The van der Waals surface area contributed by atoms with Gasteiger partial charge >= 0.3 is 12.1 Å². The van der Waals surface area contributed by atoms with E-state index >= 15 is 0 Å². The maximum atomic E-state index is 12.6. The van der Waals surface area contributed by atoms with Gasteiger partial charge in [0.15, 0.2) is 5.54 Å². The molecule has 0 radical (unpaired) electrons. The average Bonchev–Trinajstić information content (AvgIpc) is 3.20. The molecule has 1 aliphatic heterocycles. The van der Waals surface area contributed by atoms with E-state index in [1.165, 1.54) is 13.2 Å². The lowest BCUT2D eigenvalue weighted by Gasteiger charge is -2.23. The fraction of sp³-hybridized carbons (Fsp3) is 0.529. The Morgan fingerprint density at radius 1 is 1.31 bits per heavy atom. The standard InChI is InChI=1S/C17H22N4O5/c1-17(12-8-5-9-26-12)14(23)21(16(25)20-17)10-13(22)19-15(24)18-11-6-3-2-4-7-11/h5,8-9,11H,2-4,6-7,10H2,1H3,(H,20,25)(H2,18,19,22,24)/t17-/m1/s1. The van der Waals surface area contributed by atoms with Crippen molar-refractivity contribution in [3.8, 4) is 0 Å². The maximum Gasteiger partial charge on any atom is 0.325 e. The molecular formula is C17H22N4O5. The SMILES string of the molecule is C[C@]1(c2ccco2)NC(=O)N(CC(=O)NC(=O)NC2CCCCC2)C1=O. The van der Waals surface area contributed by atoms with Crippen LogP contribution in [0, 0.1) is 0 Å². The van der Waals surface area contributed by atoms with Crippen molar-refractivity contribution in [2.24, 2.45) is 0 Å². The van der Waals surface area contributed by atoms with Crippen LogP contribution < -0.4 is 16.0 Å². The molecule has 1 atom stereocenters. The second-order valence-electron chi connectivity index (χ2n) is 6.78. The normalized spacial score (nSPS) is 23.7. The molecule has 3 rings (SSSR count). The summed E-state index contributed by atoms with van der Waals surface area (Å²) in [5.74, 6) is -1.07. The Bertz CT molecular complexity index is 711. The minimum absolute atomic E-state index is 0.0514. The van der Waals surface area contributed by atoms with E-state index in [0.717, 1.165) is 37.0 Å². The molecule has 9 heteroatoms. The Hall–Kier alpha value is -2.84. The van der Waals surface area contributed by atoms with Gasteiger partial charge in [0.2, 0.25) is 5.91 Å². The number of rotatable bonds is 4. The van der Waals surface area contributed by atoms with Crippen LogP contribution in [0.25, 0.3) is 0 Å². The monoisotopic (exact) mass is 362 g/mol. The van der Waals surface area contributed by atoms with Gasteiger partial charge in [0.25, 0.3) is 5.91 Å². The molecule has 3 N–H and O–H groups in total. The molecule has 9 nitrogen and oxygen atoms in total. The number of nitrogens with zero attached hydrogens (tertiary/aromatic N) is 1. The quantitative estimate of drug-likeness (QED) is 0.695. The first kappa shape index (κ1) is 18.0. The van der Waals surface area contributed by atoms with Crippen LogP contribution in [0.3, 0.4) is 0 Å². The summed E-state index contributed by atoms with van der Waals surface area (Å²) in [6, 6.07) is 1.90. The van der Waals surface area contributed by atoms with Crippen LogP contribution in [0.2, 0.25) is 0 Å². The smallest absolute Gasteiger partial charge is 0.325 e. The van der Waals surface area contributed by atoms with Crippen molar-refractivity contribution in [2.45, 2.75) is 50.6 Å². The van der Waals surface area contributed by atoms with Gasteiger partial charge in [-0.2, -0.15) is 0 Å². The highest BCUT2D eigenvalue weighted by molar-refractivity contribution is 6.09. The number of hydrogen-bond donors (Lipinski definition) is 3. The average molecular weight is 362 g/mol. The number of carbonyl (C=O) groups excluding carboxylic acids is 4. The van der Waals surface area contributed by atoms with Gasteiger partial charge in [-0.1, -0.05) is 19.3 Å². The van der Waals surface area contributed by atoms with Gasteiger partial charge in [0.1, 0.15) is 12.3 Å². The first-order valence-corrected chi connectivity index (χ1v) is 8.68. The molecule has 1 aromatic rings. The molecule has 0 bridgehead atoms. The lowest BCUT2D eigenvalue weighted by atomic mass is 9.96. The minimum atomic E-state index is -1.37. The van der Waals surface area contributed by atoms with Crippen molar-refractivity contribution < 1.29 is 23.6 Å². The number of imide groups is 2. The van der Waals surface area contributed by atoms with E-state index in [4.69, 9.17) is 4.42 Å². The van der Waals surface area contributed by atoms with E-state index in [9.17, 15) is 19.2 Å². The third-order valence-corrected chi connectivity index (χ3v) is 4.78. The van der Waals surface area contributed by atoms with Crippen LogP contribution in [0.15, 0.2) is 22.8 Å². The molecule has 2 fully saturated rings. The van der Waals surface area contributed by atoms with Gasteiger partial charge in [-0.15, -0.1) is 0 Å². The van der Waals surface area contributed by atoms with Crippen LogP contribution in [0.4, 0.5) is 9.59 Å². The number of furan rings is 1. The van der Waals surface area contributed by atoms with E-state index in [1.807, 2.05) is 0 Å². The molecule has 1 saturated carbocycles. The predicted octanol–water partition coefficient (Wildman–Crippen LogP) is 1.21. The van der Waals surface area contributed by atoms with E-state index in [2.05, 4.69) is 16.0 Å². The van der Waals surface area contributed by atoms with Gasteiger partial charge in [-0.05, 0) is 31.9 Å². The molecule has 0 unspecified atom stereocenters. The Morgan fingerprint density at radius 3 is 2.69 bits per heavy atom. The van der Waals surface area contributed by atoms with E-state index in [0.29, 0.717) is 0 Å². The van der Waals surface area contributed by atoms with E-state index < -0.39 is 36.0 Å². The zero-order chi connectivity index (χ0) is 18.7. The van der Waals surface area contributed by atoms with E-state index in [-0.39, 0.29) is 11.8 Å². The number of amides is 6. The molecule has 0 aromatic carbocycles. The third-order valence-electron chi connectivity index (χ3n) is 4.78. The fourth-order valence-electron chi connectivity index (χ4n) is 3.35. The highest BCUT2D eigenvalue weighted by Crippen LogP contribution is 2.28. The number of hydrogen-bond acceptors (Lipinski definition) is 5. The van der Waals surface area contributed by atoms with Gasteiger partial charge < -0.3 is 15.1 Å². The van der Waals surface area contributed by atoms with Gasteiger partial charge in [0, 0.05) is 6.04 Å². The molecule has 1 saturated heterocycles. The van der Waals surface area contributed by atoms with E-state index in [1.54, 1.807) is 12.1 Å². The zero-order valence-electron chi connectivity index (χ0n) is 14.5. The second-order valence-corrected chi connectivity index (χ2v) is 6.78. The van der Waals surface area contributed by atoms with Crippen LogP contribution in [-0.2, 0) is 15.1 Å². The number of nitrogens with one attached hydrogen (secondary N) is 3. The largest absolute Gasteiger partial charge is 0.466 e. The summed E-state index contributed by atoms with van der Waals surface area (Å²) in [6.45, 7) is 0.957. The molecule has 1 aromatic heterocycles. The summed E-state index contributed by atoms with van der Waals surface area (Å²) in [7, 11) is 0. The third kappa shape index (κ3) is 3.56. The Balaban J connectivity index is 1.56. The van der Waals surface area contributed by atoms with Crippen LogP contribution >= 0.6 is 0 Å². The molecule has 6 amide bonds. The lowest BCUT2D eigenvalue weighted by Crippen LogP contribution is -2.49. The summed E-state index contributed by atoms with van der Waals surface area (Å²) >= 11 is 0. The lowest BCUT2D eigenvalue weighted by molar-refractivity contribution is -0.135. The summed E-state index contributed by atoms with van der Waals surface area (Å²) in [5.41, 5.74) is -1.37. The van der Waals surface area contributed by atoms with Crippen molar-refractivity contribution >= 4 is 23.9 Å². The van der Waals surface area contributed by atoms with Crippen molar-refractivity contribution in [3.63, 3.8) is 0 Å². The van der Waals surface area contributed by atoms with Crippen LogP contribution in [0.5, 0.6) is 0 Å². The fourth-order valence-corrected chi connectivity index (χ4v) is 3.35. The van der Waals surface area contributed by atoms with Crippen molar-refractivity contribution in [2.75, 3.05) is 6.54 Å². The molecule has 2 heterocycles. The summed E-state index contributed by atoms with van der Waals surface area (Å²) < 4.78 is 5.21. The number of carbonyl (C=O) groups is 4. The van der Waals surface area contributed by atoms with Crippen molar-refractivity contribution in [1.29, 1.82) is 0 Å². The zero-order valence-corrected chi connectivity index (χ0v) is 14.5. The second kappa shape index (κ2) is 7.19. The highest BCUT2D eigenvalue weighted by atomic mass is 16.3. The Morgan fingerprint density at radius 2 is 2.04 bits per heavy atom. The van der Waals surface area contributed by atoms with Crippen LogP contribution in [0.1, 0.15) is 44.8 Å². The Kier molecular flexibility index (Phi) is 4.97. The minimum Gasteiger partial charge on any atom is -0.466 e. The first-order chi connectivity index (χ1) is 12.4. The number of urea groups is 2. The molecule has 1 aliphatic carbocycles. The van der Waals surface area contributed by atoms with Gasteiger partial charge in [0.05, 0.1) is 6.26 Å². The van der Waals surface area contributed by atoms with Crippen molar-refractivity contribution in [1.82, 2.24) is 20.9 Å². The van der Waals surface area contributed by atoms with Gasteiger partial charge in [-0.3, -0.25) is 19.8 Å². The molecule has 2 aliphatic rings. The highest BCUT2D eigenvalue weighted by Gasteiger charge is 2.51. The van der Waals surface area contributed by atoms with Crippen LogP contribution in [-0.4, -0.2) is 41.4 Å². The van der Waals surface area contributed by atoms with Crippen molar-refractivity contribution in [3.05, 3.63) is 24.2 Å². The Labute approximate surface area is 150 Å². The maximum absolute atomic E-state index is 12.6. The van der Waals surface area contributed by atoms with Gasteiger partial charge in [-0.25, -0.2) is 9.59 Å². The summed E-state index contributed by atoms with van der Waals surface area (Å²) in [4.78, 5) is 49.4. The molecule has 140 valence electrons. The molecule has 0 spiro atoms. The first-order valence-electron chi connectivity index (χ1n) is 8.68. The topological polar surface area (TPSA) is 121 Å².